The summed E-state index contributed by atoms with van der Waals surface area (Å²) in [5, 5.41) is 0.186. The lowest BCUT2D eigenvalue weighted by atomic mass is 9.59. The monoisotopic (exact) mass is 426 g/mol. The molecular formula is C24H50O2Si2. The molecule has 0 aliphatic carbocycles. The van der Waals surface area contributed by atoms with Gasteiger partial charge in [-0.2, -0.15) is 0 Å². The van der Waals surface area contributed by atoms with E-state index >= 15 is 0 Å². The minimum absolute atomic E-state index is 0.0587. The van der Waals surface area contributed by atoms with Gasteiger partial charge in [0.15, 0.2) is 0 Å². The van der Waals surface area contributed by atoms with Gasteiger partial charge >= 0.3 is 5.97 Å². The van der Waals surface area contributed by atoms with Crippen molar-refractivity contribution in [1.82, 2.24) is 0 Å². The van der Waals surface area contributed by atoms with E-state index in [-0.39, 0.29) is 21.5 Å². The molecule has 0 radical (unpaired) electrons. The Kier molecular flexibility index (Phi) is 5.98. The SMILES string of the molecule is CCC(C)(C)C(=O)OC(C)(C)C1(C)C(C)(C)[Si](C)(C)C(C)(C)[Si](C)(C)C1(C)C. The average molecular weight is 427 g/mol. The lowest BCUT2D eigenvalue weighted by Gasteiger charge is -2.78. The predicted octanol–water partition coefficient (Wildman–Crippen LogP) is 8.06. The van der Waals surface area contributed by atoms with Gasteiger partial charge in [-0.3, -0.25) is 4.79 Å². The summed E-state index contributed by atoms with van der Waals surface area (Å²) in [6, 6.07) is 0. The molecule has 2 nitrogen and oxygen atoms in total. The van der Waals surface area contributed by atoms with Gasteiger partial charge in [0.25, 0.3) is 0 Å². The van der Waals surface area contributed by atoms with Gasteiger partial charge in [0.2, 0.25) is 0 Å². The molecule has 0 amide bonds. The lowest BCUT2D eigenvalue weighted by Crippen LogP contribution is -2.78. The standard InChI is InChI=1S/C24H50O2Si2/c1-17-19(2,3)18(25)26-20(4,5)24(12)21(6,7)27(13,14)23(10,11)28(15,16)22(24,8)9/h17H2,1-16H3. The van der Waals surface area contributed by atoms with Crippen molar-refractivity contribution < 1.29 is 9.53 Å². The van der Waals surface area contributed by atoms with E-state index in [4.69, 9.17) is 4.74 Å². The number of hydrogen-bond acceptors (Lipinski definition) is 2. The third-order valence-corrected chi connectivity index (χ3v) is 29.0. The van der Waals surface area contributed by atoms with Crippen molar-refractivity contribution in [1.29, 1.82) is 0 Å². The van der Waals surface area contributed by atoms with Crippen LogP contribution >= 0.6 is 0 Å². The zero-order valence-electron chi connectivity index (χ0n) is 22.0. The summed E-state index contributed by atoms with van der Waals surface area (Å²) in [5.74, 6) is -0.0587. The minimum atomic E-state index is -1.75. The van der Waals surface area contributed by atoms with E-state index in [9.17, 15) is 4.79 Å². The smallest absolute Gasteiger partial charge is 0.312 e. The van der Waals surface area contributed by atoms with Crippen molar-refractivity contribution in [3.05, 3.63) is 0 Å². The van der Waals surface area contributed by atoms with Gasteiger partial charge in [0.1, 0.15) is 5.60 Å². The largest absolute Gasteiger partial charge is 0.459 e. The predicted molar refractivity (Wildman–Crippen MR) is 129 cm³/mol. The Labute approximate surface area is 178 Å². The van der Waals surface area contributed by atoms with Crippen LogP contribution in [0.15, 0.2) is 0 Å². The number of rotatable bonds is 4. The molecule has 1 aliphatic heterocycles. The molecule has 0 aromatic carbocycles. The van der Waals surface area contributed by atoms with Crippen molar-refractivity contribution in [2.45, 2.75) is 136 Å². The number of hydrogen-bond donors (Lipinski definition) is 0. The van der Waals surface area contributed by atoms with Crippen LogP contribution in [0.25, 0.3) is 0 Å². The fourth-order valence-corrected chi connectivity index (χ4v) is 21.6. The van der Waals surface area contributed by atoms with Crippen LogP contribution in [-0.4, -0.2) is 27.7 Å². The molecule has 0 saturated carbocycles. The summed E-state index contributed by atoms with van der Waals surface area (Å²) in [7, 11) is -3.50. The van der Waals surface area contributed by atoms with Crippen LogP contribution < -0.4 is 0 Å². The Bertz CT molecular complexity index is 607. The molecule has 1 aliphatic rings. The third kappa shape index (κ3) is 2.72. The van der Waals surface area contributed by atoms with Crippen LogP contribution in [0.4, 0.5) is 0 Å². The van der Waals surface area contributed by atoms with E-state index in [1.807, 2.05) is 13.8 Å². The molecule has 0 N–H and O–H groups in total. The van der Waals surface area contributed by atoms with Gasteiger partial charge in [0.05, 0.1) is 21.6 Å². The molecule has 1 heterocycles. The second-order valence-electron chi connectivity index (χ2n) is 13.4. The maximum atomic E-state index is 13.2. The molecule has 4 heteroatoms. The minimum Gasteiger partial charge on any atom is -0.459 e. The highest BCUT2D eigenvalue weighted by molar-refractivity contribution is 7.03. The molecule has 0 spiro atoms. The van der Waals surface area contributed by atoms with Gasteiger partial charge in [-0.15, -0.1) is 0 Å². The van der Waals surface area contributed by atoms with Crippen LogP contribution in [0.5, 0.6) is 0 Å². The van der Waals surface area contributed by atoms with Gasteiger partial charge in [-0.05, 0) is 48.9 Å². The molecule has 1 saturated heterocycles. The second-order valence-corrected chi connectivity index (χ2v) is 25.4. The molecule has 28 heavy (non-hydrogen) atoms. The Morgan fingerprint density at radius 2 is 1.11 bits per heavy atom. The first kappa shape index (κ1) is 25.9. The zero-order chi connectivity index (χ0) is 23.0. The summed E-state index contributed by atoms with van der Waals surface area (Å²) in [4.78, 5) is 13.2. The molecule has 0 aromatic rings. The van der Waals surface area contributed by atoms with Gasteiger partial charge < -0.3 is 4.74 Å². The maximum absolute atomic E-state index is 13.2. The molecule has 166 valence electrons. The highest BCUT2D eigenvalue weighted by atomic mass is 28.4. The Morgan fingerprint density at radius 1 is 0.786 bits per heavy atom. The van der Waals surface area contributed by atoms with Crippen LogP contribution in [0.1, 0.15) is 89.5 Å². The summed E-state index contributed by atoms with van der Waals surface area (Å²) in [6.07, 6.45) is 0.791. The van der Waals surface area contributed by atoms with Crippen molar-refractivity contribution in [3.63, 3.8) is 0 Å². The quantitative estimate of drug-likeness (QED) is 0.335. The van der Waals surface area contributed by atoms with Gasteiger partial charge in [-0.1, -0.05) is 81.6 Å². The van der Waals surface area contributed by atoms with E-state index < -0.39 is 27.2 Å². The van der Waals surface area contributed by atoms with E-state index in [0.717, 1.165) is 6.42 Å². The molecule has 1 fully saturated rings. The van der Waals surface area contributed by atoms with Gasteiger partial charge in [-0.25, -0.2) is 0 Å². The van der Waals surface area contributed by atoms with E-state index in [0.29, 0.717) is 4.66 Å². The maximum Gasteiger partial charge on any atom is 0.312 e. The summed E-state index contributed by atoms with van der Waals surface area (Å²) in [6.45, 7) is 38.3. The summed E-state index contributed by atoms with van der Waals surface area (Å²) in [5.41, 5.74) is -1.13. The van der Waals surface area contributed by atoms with E-state index in [2.05, 4.69) is 95.4 Å². The molecule has 0 atom stereocenters. The van der Waals surface area contributed by atoms with Crippen LogP contribution in [0.3, 0.4) is 0 Å². The molecule has 0 aromatic heterocycles. The normalized spacial score (nSPS) is 27.1. The third-order valence-electron chi connectivity index (χ3n) is 11.7. The van der Waals surface area contributed by atoms with Gasteiger partial charge in [0, 0.05) is 5.41 Å². The number of esters is 1. The lowest BCUT2D eigenvalue weighted by molar-refractivity contribution is -0.189. The fraction of sp³-hybridized carbons (Fsp3) is 0.958. The molecule has 0 unspecified atom stereocenters. The highest BCUT2D eigenvalue weighted by Gasteiger charge is 2.78. The molecule has 1 rings (SSSR count). The fourth-order valence-electron chi connectivity index (χ4n) is 6.50. The first-order valence-electron chi connectivity index (χ1n) is 11.2. The first-order chi connectivity index (χ1) is 11.9. The Hall–Kier alpha value is -0.0962. The van der Waals surface area contributed by atoms with Crippen molar-refractivity contribution in [3.8, 4) is 0 Å². The summed E-state index contributed by atoms with van der Waals surface area (Å²) >= 11 is 0. The highest BCUT2D eigenvalue weighted by Crippen LogP contribution is 2.81. The summed E-state index contributed by atoms with van der Waals surface area (Å²) < 4.78 is 6.84. The topological polar surface area (TPSA) is 26.3 Å². The second kappa shape index (κ2) is 6.45. The van der Waals surface area contributed by atoms with E-state index in [1.165, 1.54) is 0 Å². The van der Waals surface area contributed by atoms with Crippen molar-refractivity contribution >= 4 is 22.1 Å². The van der Waals surface area contributed by atoms with E-state index in [1.54, 1.807) is 0 Å². The molecular weight excluding hydrogens is 376 g/mol. The van der Waals surface area contributed by atoms with Crippen molar-refractivity contribution in [2.24, 2.45) is 10.8 Å². The Morgan fingerprint density at radius 3 is 1.39 bits per heavy atom. The van der Waals surface area contributed by atoms with Crippen LogP contribution in [-0.2, 0) is 9.53 Å². The van der Waals surface area contributed by atoms with Crippen LogP contribution in [0.2, 0.25) is 40.9 Å². The number of ether oxygens (including phenoxy) is 1. The average Bonchev–Trinajstić information content (AvgIpc) is 2.51. The van der Waals surface area contributed by atoms with Crippen molar-refractivity contribution in [2.75, 3.05) is 0 Å². The number of carbonyl (C=O) groups excluding carboxylic acids is 1. The molecule has 0 bridgehead atoms. The first-order valence-corrected chi connectivity index (χ1v) is 17.2. The van der Waals surface area contributed by atoms with Crippen LogP contribution in [0, 0.1) is 10.8 Å². The number of carbonyl (C=O) groups is 1. The zero-order valence-corrected chi connectivity index (χ0v) is 24.0. The Balaban J connectivity index is 3.80.